The van der Waals surface area contributed by atoms with Gasteiger partial charge in [0.05, 0.1) is 19.8 Å². The summed E-state index contributed by atoms with van der Waals surface area (Å²) < 4.78 is 5.29. The van der Waals surface area contributed by atoms with E-state index in [0.717, 1.165) is 36.8 Å². The third-order valence-corrected chi connectivity index (χ3v) is 6.69. The van der Waals surface area contributed by atoms with Crippen LogP contribution in [-0.4, -0.2) is 35.1 Å². The molecular formula is C28H32N2O3. The van der Waals surface area contributed by atoms with E-state index < -0.39 is 0 Å². The van der Waals surface area contributed by atoms with Crippen molar-refractivity contribution in [2.45, 2.75) is 38.3 Å². The zero-order chi connectivity index (χ0) is 23.2. The van der Waals surface area contributed by atoms with Gasteiger partial charge in [-0.1, -0.05) is 48.5 Å². The molecule has 0 saturated heterocycles. The molecule has 5 heteroatoms. The smallest absolute Gasteiger partial charge is 0.253 e. The fourth-order valence-electron chi connectivity index (χ4n) is 4.90. The molecule has 0 unspecified atom stereocenters. The van der Waals surface area contributed by atoms with E-state index in [9.17, 15) is 9.90 Å². The summed E-state index contributed by atoms with van der Waals surface area (Å²) in [7, 11) is 3.38. The lowest BCUT2D eigenvalue weighted by Gasteiger charge is -2.19. The molecule has 0 bridgehead atoms. The number of aromatic nitrogens is 1. The van der Waals surface area contributed by atoms with Gasteiger partial charge in [0, 0.05) is 24.4 Å². The highest BCUT2D eigenvalue weighted by atomic mass is 16.5. The number of methoxy groups -OCH3 is 1. The number of aliphatic hydroxyl groups excluding tert-OH is 1. The van der Waals surface area contributed by atoms with E-state index in [0.29, 0.717) is 29.8 Å². The summed E-state index contributed by atoms with van der Waals surface area (Å²) in [5.41, 5.74) is 3.80. The molecule has 1 aromatic heterocycles. The van der Waals surface area contributed by atoms with E-state index in [1.54, 1.807) is 25.3 Å². The van der Waals surface area contributed by atoms with Crippen LogP contribution >= 0.6 is 0 Å². The van der Waals surface area contributed by atoms with Gasteiger partial charge in [-0.3, -0.25) is 4.79 Å². The molecule has 0 radical (unpaired) electrons. The van der Waals surface area contributed by atoms with Crippen LogP contribution in [0.5, 0.6) is 5.88 Å². The monoisotopic (exact) mass is 444 g/mol. The van der Waals surface area contributed by atoms with Gasteiger partial charge in [0.15, 0.2) is 0 Å². The Kier molecular flexibility index (Phi) is 7.40. The molecule has 0 spiro atoms. The number of hydrogen-bond acceptors (Lipinski definition) is 4. The standard InChI is InChI=1S/C28H32N2O3/c1-30(19-25-9-6-16-29-27(25)33-2)28(32)23-13-10-20(11-14-23)17-21-12-15-24(18-21)26(31)22-7-4-3-5-8-22/h3-11,13-14,16,21,24,26,31H,12,15,17-19H2,1-2H3/t21-,24-,26+/m0/s1. The van der Waals surface area contributed by atoms with Crippen LogP contribution < -0.4 is 4.74 Å². The summed E-state index contributed by atoms with van der Waals surface area (Å²) in [5, 5.41) is 10.7. The molecular weight excluding hydrogens is 412 g/mol. The van der Waals surface area contributed by atoms with Crippen LogP contribution in [0.3, 0.4) is 0 Å². The molecule has 1 saturated carbocycles. The molecule has 33 heavy (non-hydrogen) atoms. The van der Waals surface area contributed by atoms with Gasteiger partial charge in [0.25, 0.3) is 5.91 Å². The quantitative estimate of drug-likeness (QED) is 0.528. The van der Waals surface area contributed by atoms with Gasteiger partial charge in [-0.2, -0.15) is 0 Å². The fraction of sp³-hybridized carbons (Fsp3) is 0.357. The predicted molar refractivity (Wildman–Crippen MR) is 129 cm³/mol. The average Bonchev–Trinajstić information content (AvgIpc) is 3.33. The lowest BCUT2D eigenvalue weighted by molar-refractivity contribution is 0.0784. The summed E-state index contributed by atoms with van der Waals surface area (Å²) in [4.78, 5) is 18.8. The molecule has 5 nitrogen and oxygen atoms in total. The lowest BCUT2D eigenvalue weighted by atomic mass is 9.91. The van der Waals surface area contributed by atoms with Crippen LogP contribution in [0.25, 0.3) is 0 Å². The van der Waals surface area contributed by atoms with Crippen LogP contribution in [0.15, 0.2) is 72.9 Å². The Morgan fingerprint density at radius 2 is 1.85 bits per heavy atom. The van der Waals surface area contributed by atoms with Gasteiger partial charge in [-0.05, 0) is 66.8 Å². The number of carbonyl (C=O) groups excluding carboxylic acids is 1. The Labute approximate surface area is 196 Å². The number of amides is 1. The molecule has 4 rings (SSSR count). The minimum atomic E-state index is -0.384. The second kappa shape index (κ2) is 10.6. The van der Waals surface area contributed by atoms with Crippen LogP contribution in [0.1, 0.15) is 52.4 Å². The Morgan fingerprint density at radius 1 is 1.09 bits per heavy atom. The molecule has 1 N–H and O–H groups in total. The van der Waals surface area contributed by atoms with Crippen molar-refractivity contribution >= 4 is 5.91 Å². The van der Waals surface area contributed by atoms with Crippen LogP contribution in [0.2, 0.25) is 0 Å². The van der Waals surface area contributed by atoms with Crippen LogP contribution in [0.4, 0.5) is 0 Å². The lowest BCUT2D eigenvalue weighted by Crippen LogP contribution is -2.26. The van der Waals surface area contributed by atoms with Crippen molar-refractivity contribution in [3.8, 4) is 5.88 Å². The maximum Gasteiger partial charge on any atom is 0.253 e. The molecule has 1 fully saturated rings. The van der Waals surface area contributed by atoms with Gasteiger partial charge in [-0.25, -0.2) is 4.98 Å². The molecule has 172 valence electrons. The topological polar surface area (TPSA) is 62.7 Å². The van der Waals surface area contributed by atoms with Gasteiger partial charge in [-0.15, -0.1) is 0 Å². The van der Waals surface area contributed by atoms with Gasteiger partial charge in [0.2, 0.25) is 5.88 Å². The molecule has 1 amide bonds. The van der Waals surface area contributed by atoms with Crippen molar-refractivity contribution in [2.75, 3.05) is 14.2 Å². The molecule has 2 aromatic carbocycles. The minimum Gasteiger partial charge on any atom is -0.481 e. The first kappa shape index (κ1) is 23.0. The summed E-state index contributed by atoms with van der Waals surface area (Å²) in [6.45, 7) is 0.435. The molecule has 0 aliphatic heterocycles. The first-order valence-corrected chi connectivity index (χ1v) is 11.6. The highest BCUT2D eigenvalue weighted by Gasteiger charge is 2.30. The number of rotatable bonds is 8. The zero-order valence-corrected chi connectivity index (χ0v) is 19.4. The Morgan fingerprint density at radius 3 is 2.58 bits per heavy atom. The summed E-state index contributed by atoms with van der Waals surface area (Å²) in [6.07, 6.45) is 5.50. The van der Waals surface area contributed by atoms with Gasteiger partial charge >= 0.3 is 0 Å². The second-order valence-corrected chi connectivity index (χ2v) is 9.03. The van der Waals surface area contributed by atoms with Gasteiger partial charge < -0.3 is 14.7 Å². The number of pyridine rings is 1. The Hall–Kier alpha value is -3.18. The van der Waals surface area contributed by atoms with E-state index in [4.69, 9.17) is 4.74 Å². The Balaban J connectivity index is 1.32. The van der Waals surface area contributed by atoms with Crippen molar-refractivity contribution in [1.82, 2.24) is 9.88 Å². The first-order chi connectivity index (χ1) is 16.0. The predicted octanol–water partition coefficient (Wildman–Crippen LogP) is 5.05. The average molecular weight is 445 g/mol. The number of ether oxygens (including phenoxy) is 1. The number of carbonyl (C=O) groups is 1. The van der Waals surface area contributed by atoms with Crippen LogP contribution in [0, 0.1) is 11.8 Å². The normalized spacial score (nSPS) is 18.6. The first-order valence-electron chi connectivity index (χ1n) is 11.6. The van der Waals surface area contributed by atoms with E-state index >= 15 is 0 Å². The van der Waals surface area contributed by atoms with Crippen molar-refractivity contribution in [1.29, 1.82) is 0 Å². The zero-order valence-electron chi connectivity index (χ0n) is 19.4. The van der Waals surface area contributed by atoms with E-state index in [1.807, 2.05) is 54.6 Å². The van der Waals surface area contributed by atoms with Crippen molar-refractivity contribution in [2.24, 2.45) is 11.8 Å². The molecule has 1 aliphatic rings. The second-order valence-electron chi connectivity index (χ2n) is 9.03. The van der Waals surface area contributed by atoms with E-state index in [1.165, 1.54) is 5.56 Å². The maximum atomic E-state index is 12.9. The third-order valence-electron chi connectivity index (χ3n) is 6.69. The highest BCUT2D eigenvalue weighted by molar-refractivity contribution is 5.94. The van der Waals surface area contributed by atoms with Gasteiger partial charge in [0.1, 0.15) is 0 Å². The summed E-state index contributed by atoms with van der Waals surface area (Å²) in [5.74, 6) is 1.39. The number of hydrogen-bond donors (Lipinski definition) is 1. The number of benzene rings is 2. The molecule has 1 aliphatic carbocycles. The summed E-state index contributed by atoms with van der Waals surface area (Å²) >= 11 is 0. The van der Waals surface area contributed by atoms with Crippen molar-refractivity contribution in [3.05, 3.63) is 95.2 Å². The Bertz CT molecular complexity index is 1050. The summed E-state index contributed by atoms with van der Waals surface area (Å²) in [6, 6.07) is 21.7. The van der Waals surface area contributed by atoms with Crippen molar-refractivity contribution < 1.29 is 14.6 Å². The van der Waals surface area contributed by atoms with E-state index in [-0.39, 0.29) is 12.0 Å². The molecule has 3 aromatic rings. The van der Waals surface area contributed by atoms with Crippen LogP contribution in [-0.2, 0) is 13.0 Å². The maximum absolute atomic E-state index is 12.9. The molecule has 1 heterocycles. The third kappa shape index (κ3) is 5.60. The number of aliphatic hydroxyl groups is 1. The largest absolute Gasteiger partial charge is 0.481 e. The fourth-order valence-corrected chi connectivity index (χ4v) is 4.90. The van der Waals surface area contributed by atoms with E-state index in [2.05, 4.69) is 17.1 Å². The highest BCUT2D eigenvalue weighted by Crippen LogP contribution is 2.40. The minimum absolute atomic E-state index is 0.0284. The number of nitrogens with zero attached hydrogens (tertiary/aromatic N) is 2. The van der Waals surface area contributed by atoms with Crippen molar-refractivity contribution in [3.63, 3.8) is 0 Å². The molecule has 3 atom stereocenters. The SMILES string of the molecule is COc1ncccc1CN(C)C(=O)c1ccc(C[C@@H]2CC[C@H]([C@H](O)c3ccccc3)C2)cc1.